The lowest BCUT2D eigenvalue weighted by Crippen LogP contribution is -2.57. The Morgan fingerprint density at radius 3 is 2.20 bits per heavy atom. The third-order valence-corrected chi connectivity index (χ3v) is 17.0. The van der Waals surface area contributed by atoms with E-state index in [0.29, 0.717) is 67.6 Å². The van der Waals surface area contributed by atoms with Crippen molar-refractivity contribution in [2.45, 2.75) is 122 Å². The van der Waals surface area contributed by atoms with Gasteiger partial charge in [-0.25, -0.2) is 19.0 Å². The highest BCUT2D eigenvalue weighted by atomic mass is 32.1. The number of thiazole rings is 1. The second-order valence-electron chi connectivity index (χ2n) is 22.2. The molecule has 2 N–H and O–H groups in total. The van der Waals surface area contributed by atoms with Gasteiger partial charge in [-0.05, 0) is 115 Å². The van der Waals surface area contributed by atoms with E-state index in [1.807, 2.05) is 48.2 Å². The molecule has 74 heavy (non-hydrogen) atoms. The summed E-state index contributed by atoms with van der Waals surface area (Å²) in [6.07, 6.45) is 11.9. The summed E-state index contributed by atoms with van der Waals surface area (Å²) in [5.41, 5.74) is 7.02. The highest BCUT2D eigenvalue weighted by molar-refractivity contribution is 7.11. The Kier molecular flexibility index (Phi) is 13.5. The third kappa shape index (κ3) is 9.63. The van der Waals surface area contributed by atoms with Crippen molar-refractivity contribution >= 4 is 68.8 Å². The summed E-state index contributed by atoms with van der Waals surface area (Å²) < 4.78 is 41.8. The number of aliphatic imine (C=N–C) groups is 2. The molecule has 0 bridgehead atoms. The van der Waals surface area contributed by atoms with Crippen LogP contribution in [0.1, 0.15) is 113 Å². The number of hydrogen-bond donors (Lipinski definition) is 2. The fraction of sp³-hybridized carbons (Fsp3) is 0.518. The predicted molar refractivity (Wildman–Crippen MR) is 280 cm³/mol. The number of carbonyl (C=O) groups is 4. The van der Waals surface area contributed by atoms with E-state index in [4.69, 9.17) is 33.9 Å². The number of nitrogens with one attached hydrogen (secondary N) is 2. The number of amides is 4. The highest BCUT2D eigenvalue weighted by Crippen LogP contribution is 2.49. The monoisotopic (exact) mass is 1030 g/mol. The lowest BCUT2D eigenvalue weighted by Gasteiger charge is -2.40. The first kappa shape index (κ1) is 49.8. The van der Waals surface area contributed by atoms with Crippen molar-refractivity contribution in [3.05, 3.63) is 81.8 Å². The van der Waals surface area contributed by atoms with Crippen molar-refractivity contribution in [2.75, 3.05) is 40.5 Å². The summed E-state index contributed by atoms with van der Waals surface area (Å²) in [6.45, 7) is 10.1. The number of allylic oxidation sites excluding steroid dienone is 2. The first-order chi connectivity index (χ1) is 35.7. The number of likely N-dealkylation sites (tertiary alicyclic amines) is 2. The number of benzene rings is 2. The summed E-state index contributed by atoms with van der Waals surface area (Å²) in [7, 11) is 2.59. The molecule has 8 heterocycles. The topological polar surface area (TPSA) is 178 Å². The molecule has 4 fully saturated rings. The Labute approximate surface area is 434 Å². The van der Waals surface area contributed by atoms with Gasteiger partial charge < -0.3 is 39.4 Å². The Morgan fingerprint density at radius 2 is 1.54 bits per heavy atom. The minimum atomic E-state index is -0.791. The number of fused-ring (bicyclic) bond motifs is 5. The number of hydrogen-bond acceptors (Lipinski definition) is 12. The van der Waals surface area contributed by atoms with E-state index in [2.05, 4.69) is 47.2 Å². The molecule has 4 aromatic rings. The molecule has 6 atom stereocenters. The van der Waals surface area contributed by atoms with Crippen molar-refractivity contribution in [3.63, 3.8) is 0 Å². The van der Waals surface area contributed by atoms with Crippen LogP contribution in [0.4, 0.5) is 14.0 Å². The number of alkyl carbamates (subject to hydrolysis) is 2. The third-order valence-electron chi connectivity index (χ3n) is 15.9. The van der Waals surface area contributed by atoms with Gasteiger partial charge in [-0.1, -0.05) is 33.8 Å². The average Bonchev–Trinajstić information content (AvgIpc) is 4.13. The fourth-order valence-corrected chi connectivity index (χ4v) is 13.1. The molecule has 6 aliphatic heterocycles. The molecule has 0 radical (unpaired) electrons. The van der Waals surface area contributed by atoms with Gasteiger partial charge in [0.1, 0.15) is 23.7 Å². The molecule has 16 nitrogen and oxygen atoms in total. The number of nitrogens with zero attached hydrogens (tertiary/aromatic N) is 6. The zero-order chi connectivity index (χ0) is 51.6. The normalized spacial score (nSPS) is 23.8. The average molecular weight is 1030 g/mol. The first-order valence-electron chi connectivity index (χ1n) is 26.2. The van der Waals surface area contributed by atoms with Crippen LogP contribution in [0, 0.1) is 29.0 Å². The van der Waals surface area contributed by atoms with Crippen LogP contribution in [-0.4, -0.2) is 119 Å². The maximum absolute atomic E-state index is 17.1. The predicted octanol–water partition coefficient (Wildman–Crippen LogP) is 9.32. The van der Waals surface area contributed by atoms with Crippen LogP contribution in [0.5, 0.6) is 5.75 Å². The van der Waals surface area contributed by atoms with Gasteiger partial charge in [-0.15, -0.1) is 11.3 Å². The van der Waals surface area contributed by atoms with Crippen LogP contribution in [-0.2, 0) is 30.2 Å². The largest absolute Gasteiger partial charge is 0.464 e. The van der Waals surface area contributed by atoms with Gasteiger partial charge in [0.2, 0.25) is 18.0 Å². The van der Waals surface area contributed by atoms with E-state index in [1.165, 1.54) is 27.1 Å². The molecule has 7 aliphatic rings. The van der Waals surface area contributed by atoms with Crippen LogP contribution >= 0.6 is 11.3 Å². The molecule has 1 aliphatic carbocycles. The molecule has 0 spiro atoms. The molecule has 2 aromatic heterocycles. The SMILES string of the molecule is COC(=O)NC(C(=O)N1CCC[C@H]1C1=NC=C(c2ccc3c(c2)cc2n3C(c3cnc(CC4CC4)s3)Oc3cc(C4=CN=C([C@@H]5CCCN5C(=O)[C@@H](NC(=O)OC)C(C)C)C4)cc(F)c3-2)C1)C1COCC(C)(C)C1. The van der Waals surface area contributed by atoms with Crippen LogP contribution in [0.3, 0.4) is 0 Å². The first-order valence-corrected chi connectivity index (χ1v) is 27.0. The minimum Gasteiger partial charge on any atom is -0.464 e. The van der Waals surface area contributed by atoms with Crippen molar-refractivity contribution in [2.24, 2.45) is 33.2 Å². The molecule has 390 valence electrons. The van der Waals surface area contributed by atoms with Crippen molar-refractivity contribution in [1.29, 1.82) is 0 Å². The highest BCUT2D eigenvalue weighted by Gasteiger charge is 2.44. The Morgan fingerprint density at radius 1 is 0.865 bits per heavy atom. The Bertz CT molecular complexity index is 3040. The van der Waals surface area contributed by atoms with Crippen LogP contribution in [0.25, 0.3) is 33.3 Å². The van der Waals surface area contributed by atoms with Crippen LogP contribution in [0.15, 0.2) is 65.0 Å². The number of aromatic nitrogens is 2. The van der Waals surface area contributed by atoms with Crippen molar-refractivity contribution < 1.29 is 42.5 Å². The van der Waals surface area contributed by atoms with Crippen LogP contribution < -0.4 is 15.4 Å². The van der Waals surface area contributed by atoms with Crippen LogP contribution in [0.2, 0.25) is 0 Å². The Balaban J connectivity index is 0.849. The van der Waals surface area contributed by atoms with E-state index in [0.717, 1.165) is 87.4 Å². The van der Waals surface area contributed by atoms with Crippen molar-refractivity contribution in [1.82, 2.24) is 30.0 Å². The van der Waals surface area contributed by atoms with E-state index in [-0.39, 0.29) is 41.1 Å². The number of halogens is 1. The van der Waals surface area contributed by atoms with Crippen molar-refractivity contribution in [3.8, 4) is 17.0 Å². The van der Waals surface area contributed by atoms with Gasteiger partial charge in [0, 0.05) is 73.7 Å². The van der Waals surface area contributed by atoms with Gasteiger partial charge in [-0.2, -0.15) is 0 Å². The van der Waals surface area contributed by atoms with E-state index in [1.54, 1.807) is 23.6 Å². The maximum atomic E-state index is 17.1. The molecule has 2 aromatic carbocycles. The molecular formula is C56H65FN8O8S. The van der Waals surface area contributed by atoms with E-state index >= 15 is 4.39 Å². The summed E-state index contributed by atoms with van der Waals surface area (Å²) in [6, 6.07) is 9.80. The standard InChI is InChI=1S/C56H65FN8O8S/c1-30(2)49(61-54(68)70-5)51(66)63-15-7-9-42(63)40-21-36(26-59-40)33-19-38(57)48-44-22-34-18-32(13-14-41(34)65(44)53(73-45(48)23-33)46-27-60-47(74-46)17-31-11-12-31)35-20-39(58-25-35)43-10-8-16-64(43)52(67)50(62-55(69)71-6)37-24-56(3,4)29-72-28-37/h13-14,18-19,22-23,25-27,30-31,37,42-43,49-50,53H,7-12,15-17,20-21,24,28-29H2,1-6H3,(H,61,68)(H,62,69)/t37?,42-,43-,49-,50?,53?/m0/s1. The molecule has 3 saturated heterocycles. The maximum Gasteiger partial charge on any atom is 0.407 e. The van der Waals surface area contributed by atoms with Gasteiger partial charge >= 0.3 is 12.2 Å². The Hall–Kier alpha value is -6.40. The quantitative estimate of drug-likeness (QED) is 0.132. The molecule has 4 amide bonds. The number of methoxy groups -OCH3 is 2. The lowest BCUT2D eigenvalue weighted by molar-refractivity contribution is -0.137. The number of ether oxygens (including phenoxy) is 4. The molecular weight excluding hydrogens is 964 g/mol. The molecule has 1 saturated carbocycles. The lowest BCUT2D eigenvalue weighted by atomic mass is 9.78. The van der Waals surface area contributed by atoms with Gasteiger partial charge in [0.25, 0.3) is 0 Å². The molecule has 11 rings (SSSR count). The van der Waals surface area contributed by atoms with Gasteiger partial charge in [-0.3, -0.25) is 24.1 Å². The second-order valence-corrected chi connectivity index (χ2v) is 23.3. The number of carbonyl (C=O) groups excluding carboxylic acids is 4. The molecule has 18 heteroatoms. The summed E-state index contributed by atoms with van der Waals surface area (Å²) in [5.74, 6) is -0.0192. The number of rotatable bonds is 13. The minimum absolute atomic E-state index is 0.140. The summed E-state index contributed by atoms with van der Waals surface area (Å²) >= 11 is 1.64. The van der Waals surface area contributed by atoms with E-state index < -0.39 is 36.3 Å². The zero-order valence-corrected chi connectivity index (χ0v) is 43.8. The van der Waals surface area contributed by atoms with E-state index in [9.17, 15) is 19.2 Å². The summed E-state index contributed by atoms with van der Waals surface area (Å²) in [5, 5.41) is 7.55. The second kappa shape index (κ2) is 20.0. The summed E-state index contributed by atoms with van der Waals surface area (Å²) in [4.78, 5) is 72.4. The van der Waals surface area contributed by atoms with Gasteiger partial charge in [0.15, 0.2) is 0 Å². The zero-order valence-electron chi connectivity index (χ0n) is 42.9. The smallest absolute Gasteiger partial charge is 0.407 e. The van der Waals surface area contributed by atoms with Gasteiger partial charge in [0.05, 0.1) is 66.2 Å². The fourth-order valence-electron chi connectivity index (χ4n) is 12.0. The molecule has 3 unspecified atom stereocenters.